The van der Waals surface area contributed by atoms with Crippen molar-refractivity contribution in [2.24, 2.45) is 5.92 Å². The van der Waals surface area contributed by atoms with Gasteiger partial charge in [0.25, 0.3) is 0 Å². The van der Waals surface area contributed by atoms with Gasteiger partial charge in [-0.05, 0) is 48.2 Å². The van der Waals surface area contributed by atoms with Crippen LogP contribution in [0, 0.1) is 5.92 Å². The zero-order chi connectivity index (χ0) is 17.1. The fraction of sp³-hybridized carbons (Fsp3) is 0.286. The molecule has 2 aromatic rings. The first-order chi connectivity index (χ1) is 12.3. The molecule has 0 atom stereocenters. The number of carbonyl (C=O) groups is 1. The van der Waals surface area contributed by atoms with E-state index < -0.39 is 0 Å². The lowest BCUT2D eigenvalue weighted by Gasteiger charge is -2.10. The molecule has 1 aliphatic carbocycles. The van der Waals surface area contributed by atoms with E-state index in [0.717, 1.165) is 41.2 Å². The van der Waals surface area contributed by atoms with Crippen molar-refractivity contribution >= 4 is 23.7 Å². The molecule has 4 rings (SSSR count). The highest BCUT2D eigenvalue weighted by atomic mass is 16.7. The number of hydrogen-bond donors (Lipinski definition) is 1. The maximum Gasteiger partial charge on any atom is 0.231 e. The summed E-state index contributed by atoms with van der Waals surface area (Å²) in [6.07, 6.45) is 8.45. The van der Waals surface area contributed by atoms with Crippen molar-refractivity contribution in [2.75, 3.05) is 12.1 Å². The van der Waals surface area contributed by atoms with Crippen LogP contribution < -0.4 is 14.8 Å². The molecule has 0 radical (unpaired) electrons. The Bertz CT molecular complexity index is 789. The zero-order valence-corrected chi connectivity index (χ0v) is 14.0. The molecule has 0 unspecified atom stereocenters. The summed E-state index contributed by atoms with van der Waals surface area (Å²) in [6, 6.07) is 13.8. The van der Waals surface area contributed by atoms with Crippen LogP contribution in [0.15, 0.2) is 42.5 Å². The average molecular weight is 335 g/mol. The second-order valence-corrected chi connectivity index (χ2v) is 6.54. The van der Waals surface area contributed by atoms with Crippen LogP contribution in [0.5, 0.6) is 11.5 Å². The summed E-state index contributed by atoms with van der Waals surface area (Å²) in [5.41, 5.74) is 3.00. The van der Waals surface area contributed by atoms with E-state index in [1.165, 1.54) is 12.8 Å². The van der Waals surface area contributed by atoms with E-state index >= 15 is 0 Å². The minimum atomic E-state index is 0.154. The molecule has 1 fully saturated rings. The predicted molar refractivity (Wildman–Crippen MR) is 98.5 cm³/mol. The van der Waals surface area contributed by atoms with Crippen LogP contribution in [0.2, 0.25) is 0 Å². The lowest BCUT2D eigenvalue weighted by Crippen LogP contribution is -2.20. The summed E-state index contributed by atoms with van der Waals surface area (Å²) < 4.78 is 10.7. The Balaban J connectivity index is 1.39. The van der Waals surface area contributed by atoms with Crippen LogP contribution in [-0.4, -0.2) is 12.7 Å². The molecule has 2 aliphatic rings. The highest BCUT2D eigenvalue weighted by molar-refractivity contribution is 5.92. The number of carbonyl (C=O) groups excluding carboxylic acids is 1. The van der Waals surface area contributed by atoms with Gasteiger partial charge in [-0.15, -0.1) is 0 Å². The molecule has 0 bridgehead atoms. The van der Waals surface area contributed by atoms with E-state index in [1.807, 2.05) is 54.6 Å². The quantitative estimate of drug-likeness (QED) is 0.823. The largest absolute Gasteiger partial charge is 0.454 e. The standard InChI is InChI=1S/C21H21NO3/c23-21(17-3-1-2-4-17)22-18-10-7-15(8-11-18)5-6-16-9-12-19-20(13-16)25-14-24-19/h5-13,17H,1-4,14H2,(H,22,23)/b6-5+. The van der Waals surface area contributed by atoms with Crippen LogP contribution in [0.1, 0.15) is 36.8 Å². The molecule has 128 valence electrons. The summed E-state index contributed by atoms with van der Waals surface area (Å²) in [4.78, 5) is 12.2. The Labute approximate surface area is 147 Å². The Morgan fingerprint density at radius 3 is 2.40 bits per heavy atom. The number of benzene rings is 2. The molecule has 1 N–H and O–H groups in total. The van der Waals surface area contributed by atoms with Gasteiger partial charge in [0, 0.05) is 11.6 Å². The molecule has 0 saturated heterocycles. The third kappa shape index (κ3) is 3.68. The molecule has 1 heterocycles. The predicted octanol–water partition coefficient (Wildman–Crippen LogP) is 4.71. The Morgan fingerprint density at radius 1 is 0.920 bits per heavy atom. The number of hydrogen-bond acceptors (Lipinski definition) is 3. The second-order valence-electron chi connectivity index (χ2n) is 6.54. The van der Waals surface area contributed by atoms with Gasteiger partial charge in [0.05, 0.1) is 0 Å². The number of nitrogens with one attached hydrogen (secondary N) is 1. The van der Waals surface area contributed by atoms with E-state index in [4.69, 9.17) is 9.47 Å². The first-order valence-electron chi connectivity index (χ1n) is 8.76. The number of fused-ring (bicyclic) bond motifs is 1. The van der Waals surface area contributed by atoms with E-state index in [9.17, 15) is 4.79 Å². The summed E-state index contributed by atoms with van der Waals surface area (Å²) >= 11 is 0. The van der Waals surface area contributed by atoms with Gasteiger partial charge in [-0.2, -0.15) is 0 Å². The lowest BCUT2D eigenvalue weighted by atomic mass is 10.1. The number of rotatable bonds is 4. The minimum absolute atomic E-state index is 0.154. The number of amides is 1. The van der Waals surface area contributed by atoms with Crippen molar-refractivity contribution in [1.82, 2.24) is 0 Å². The van der Waals surface area contributed by atoms with E-state index in [1.54, 1.807) is 0 Å². The molecular weight excluding hydrogens is 314 g/mol. The smallest absolute Gasteiger partial charge is 0.231 e. The molecule has 1 saturated carbocycles. The van der Waals surface area contributed by atoms with Crippen molar-refractivity contribution in [3.63, 3.8) is 0 Å². The molecule has 25 heavy (non-hydrogen) atoms. The molecule has 2 aromatic carbocycles. The SMILES string of the molecule is O=C(Nc1ccc(/C=C/c2ccc3c(c2)OCO3)cc1)C1CCCC1. The first-order valence-corrected chi connectivity index (χ1v) is 8.76. The zero-order valence-electron chi connectivity index (χ0n) is 14.0. The van der Waals surface area contributed by atoms with Crippen LogP contribution in [0.3, 0.4) is 0 Å². The number of ether oxygens (including phenoxy) is 2. The Hall–Kier alpha value is -2.75. The normalized spacial score (nSPS) is 16.5. The van der Waals surface area contributed by atoms with Gasteiger partial charge < -0.3 is 14.8 Å². The van der Waals surface area contributed by atoms with Crippen molar-refractivity contribution in [3.05, 3.63) is 53.6 Å². The van der Waals surface area contributed by atoms with Crippen molar-refractivity contribution in [2.45, 2.75) is 25.7 Å². The van der Waals surface area contributed by atoms with Crippen LogP contribution in [0.25, 0.3) is 12.2 Å². The topological polar surface area (TPSA) is 47.6 Å². The molecule has 0 spiro atoms. The van der Waals surface area contributed by atoms with Gasteiger partial charge in [0.15, 0.2) is 11.5 Å². The van der Waals surface area contributed by atoms with Gasteiger partial charge in [-0.25, -0.2) is 0 Å². The van der Waals surface area contributed by atoms with Crippen LogP contribution >= 0.6 is 0 Å². The van der Waals surface area contributed by atoms with Crippen molar-refractivity contribution < 1.29 is 14.3 Å². The molecule has 1 aliphatic heterocycles. The lowest BCUT2D eigenvalue weighted by molar-refractivity contribution is -0.119. The van der Waals surface area contributed by atoms with Gasteiger partial charge in [0.1, 0.15) is 0 Å². The van der Waals surface area contributed by atoms with Gasteiger partial charge in [-0.1, -0.05) is 43.2 Å². The second kappa shape index (κ2) is 7.01. The monoisotopic (exact) mass is 335 g/mol. The maximum atomic E-state index is 12.2. The minimum Gasteiger partial charge on any atom is -0.454 e. The molecule has 4 heteroatoms. The molecular formula is C21H21NO3. The fourth-order valence-corrected chi connectivity index (χ4v) is 3.32. The summed E-state index contributed by atoms with van der Waals surface area (Å²) in [5.74, 6) is 1.92. The van der Waals surface area contributed by atoms with E-state index in [-0.39, 0.29) is 18.6 Å². The van der Waals surface area contributed by atoms with Gasteiger partial charge >= 0.3 is 0 Å². The third-order valence-corrected chi connectivity index (χ3v) is 4.77. The first kappa shape index (κ1) is 15.8. The number of anilines is 1. The Kier molecular flexibility index (Phi) is 4.42. The molecule has 4 nitrogen and oxygen atoms in total. The van der Waals surface area contributed by atoms with Gasteiger partial charge in [0.2, 0.25) is 12.7 Å². The molecule has 1 amide bonds. The van der Waals surface area contributed by atoms with Crippen LogP contribution in [-0.2, 0) is 4.79 Å². The van der Waals surface area contributed by atoms with Gasteiger partial charge in [-0.3, -0.25) is 4.79 Å². The van der Waals surface area contributed by atoms with Crippen LogP contribution in [0.4, 0.5) is 5.69 Å². The van der Waals surface area contributed by atoms with E-state index in [2.05, 4.69) is 5.32 Å². The highest BCUT2D eigenvalue weighted by Crippen LogP contribution is 2.33. The Morgan fingerprint density at radius 2 is 1.60 bits per heavy atom. The molecule has 0 aromatic heterocycles. The summed E-state index contributed by atoms with van der Waals surface area (Å²) in [6.45, 7) is 0.288. The summed E-state index contributed by atoms with van der Waals surface area (Å²) in [5, 5.41) is 3.02. The highest BCUT2D eigenvalue weighted by Gasteiger charge is 2.22. The van der Waals surface area contributed by atoms with Crippen molar-refractivity contribution in [1.29, 1.82) is 0 Å². The fourth-order valence-electron chi connectivity index (χ4n) is 3.32. The maximum absolute atomic E-state index is 12.2. The summed E-state index contributed by atoms with van der Waals surface area (Å²) in [7, 11) is 0. The van der Waals surface area contributed by atoms with E-state index in [0.29, 0.717) is 0 Å². The average Bonchev–Trinajstić information content (AvgIpc) is 3.32. The third-order valence-electron chi connectivity index (χ3n) is 4.77. The van der Waals surface area contributed by atoms with Crippen molar-refractivity contribution in [3.8, 4) is 11.5 Å².